The van der Waals surface area contributed by atoms with E-state index in [1.54, 1.807) is 0 Å². The molecule has 0 spiro atoms. The topological polar surface area (TPSA) is 26.7 Å². The van der Waals surface area contributed by atoms with Gasteiger partial charge in [-0.05, 0) is 31.7 Å². The van der Waals surface area contributed by atoms with Gasteiger partial charge in [0.05, 0.1) is 6.61 Å². The van der Waals surface area contributed by atoms with Crippen molar-refractivity contribution in [2.24, 2.45) is 0 Å². The first-order valence-electron chi connectivity index (χ1n) is 6.54. The van der Waals surface area contributed by atoms with Crippen LogP contribution in [0, 0.1) is 0 Å². The van der Waals surface area contributed by atoms with Crippen LogP contribution in [-0.4, -0.2) is 42.2 Å². The summed E-state index contributed by atoms with van der Waals surface area (Å²) in [7, 11) is 0. The van der Waals surface area contributed by atoms with Crippen molar-refractivity contribution in [1.29, 1.82) is 0 Å². The van der Waals surface area contributed by atoms with E-state index in [1.165, 1.54) is 0 Å². The largest absolute Gasteiger partial charge is 0.392 e. The lowest BCUT2D eigenvalue weighted by Crippen LogP contribution is -2.51. The van der Waals surface area contributed by atoms with Gasteiger partial charge in [-0.2, -0.15) is 0 Å². The lowest BCUT2D eigenvalue weighted by atomic mass is 10.1. The van der Waals surface area contributed by atoms with Crippen molar-refractivity contribution in [1.82, 2.24) is 4.90 Å². The van der Waals surface area contributed by atoms with E-state index >= 15 is 0 Å². The molecule has 18 heavy (non-hydrogen) atoms. The molecule has 1 saturated heterocycles. The second-order valence-corrected chi connectivity index (χ2v) is 5.29. The molecule has 1 aliphatic rings. The molecule has 0 saturated carbocycles. The smallest absolute Gasteiger partial charge is 0.0702 e. The predicted octanol–water partition coefficient (Wildman–Crippen LogP) is 2.36. The van der Waals surface area contributed by atoms with Gasteiger partial charge in [0.1, 0.15) is 0 Å². The number of anilines is 1. The van der Waals surface area contributed by atoms with Crippen LogP contribution in [0.15, 0.2) is 18.2 Å². The van der Waals surface area contributed by atoms with Crippen molar-refractivity contribution in [2.75, 3.05) is 31.1 Å². The zero-order chi connectivity index (χ0) is 13.1. The van der Waals surface area contributed by atoms with E-state index in [1.807, 2.05) is 18.2 Å². The number of rotatable bonds is 3. The Kier molecular flexibility index (Phi) is 4.49. The number of likely N-dealkylation sites (N-methyl/N-ethyl adjacent to an activating group) is 1. The SMILES string of the molecule is CCN1CCN(c2ccc(Cl)cc2CO)CC1C. The Morgan fingerprint density at radius 2 is 2.17 bits per heavy atom. The van der Waals surface area contributed by atoms with Gasteiger partial charge in [-0.1, -0.05) is 18.5 Å². The molecule has 3 nitrogen and oxygen atoms in total. The minimum Gasteiger partial charge on any atom is -0.392 e. The molecule has 1 unspecified atom stereocenters. The fourth-order valence-corrected chi connectivity index (χ4v) is 2.87. The molecule has 0 amide bonds. The van der Waals surface area contributed by atoms with Gasteiger partial charge in [-0.25, -0.2) is 0 Å². The maximum Gasteiger partial charge on any atom is 0.0702 e. The number of nitrogens with zero attached hydrogens (tertiary/aromatic N) is 2. The number of halogens is 1. The summed E-state index contributed by atoms with van der Waals surface area (Å²) in [4.78, 5) is 4.82. The van der Waals surface area contributed by atoms with Gasteiger partial charge in [0.25, 0.3) is 0 Å². The van der Waals surface area contributed by atoms with Crippen LogP contribution in [0.5, 0.6) is 0 Å². The van der Waals surface area contributed by atoms with Crippen LogP contribution in [0.4, 0.5) is 5.69 Å². The molecule has 0 radical (unpaired) electrons. The summed E-state index contributed by atoms with van der Waals surface area (Å²) in [5.74, 6) is 0. The third-order valence-corrected chi connectivity index (χ3v) is 3.96. The Labute approximate surface area is 114 Å². The van der Waals surface area contributed by atoms with Crippen LogP contribution >= 0.6 is 11.6 Å². The van der Waals surface area contributed by atoms with Crippen molar-refractivity contribution in [3.05, 3.63) is 28.8 Å². The van der Waals surface area contributed by atoms with Gasteiger partial charge in [-0.3, -0.25) is 4.90 Å². The zero-order valence-corrected chi connectivity index (χ0v) is 11.8. The minimum absolute atomic E-state index is 0.0399. The highest BCUT2D eigenvalue weighted by Crippen LogP contribution is 2.26. The van der Waals surface area contributed by atoms with E-state index < -0.39 is 0 Å². The molecule has 1 atom stereocenters. The highest BCUT2D eigenvalue weighted by Gasteiger charge is 2.23. The maximum absolute atomic E-state index is 9.44. The summed E-state index contributed by atoms with van der Waals surface area (Å²) in [5, 5.41) is 10.1. The van der Waals surface area contributed by atoms with Crippen LogP contribution < -0.4 is 4.90 Å². The number of aliphatic hydroxyl groups excluding tert-OH is 1. The van der Waals surface area contributed by atoms with E-state index in [-0.39, 0.29) is 6.61 Å². The molecule has 1 heterocycles. The van der Waals surface area contributed by atoms with Crippen LogP contribution in [0.1, 0.15) is 19.4 Å². The maximum atomic E-state index is 9.44. The summed E-state index contributed by atoms with van der Waals surface area (Å²) in [6, 6.07) is 6.31. The Hall–Kier alpha value is -0.770. The number of piperazine rings is 1. The molecule has 1 aromatic carbocycles. The van der Waals surface area contributed by atoms with E-state index in [0.29, 0.717) is 11.1 Å². The molecule has 0 bridgehead atoms. The molecule has 1 aliphatic heterocycles. The molecule has 2 rings (SSSR count). The molecule has 100 valence electrons. The molecule has 0 aromatic heterocycles. The number of hydrogen-bond donors (Lipinski definition) is 1. The predicted molar refractivity (Wildman–Crippen MR) is 76.3 cm³/mol. The fourth-order valence-electron chi connectivity index (χ4n) is 2.67. The molecular weight excluding hydrogens is 248 g/mol. The summed E-state index contributed by atoms with van der Waals surface area (Å²) in [6.45, 7) is 8.68. The average Bonchev–Trinajstić information content (AvgIpc) is 2.38. The van der Waals surface area contributed by atoms with Crippen molar-refractivity contribution in [2.45, 2.75) is 26.5 Å². The van der Waals surface area contributed by atoms with Gasteiger partial charge in [0, 0.05) is 41.9 Å². The lowest BCUT2D eigenvalue weighted by Gasteiger charge is -2.41. The Morgan fingerprint density at radius 3 is 2.78 bits per heavy atom. The van der Waals surface area contributed by atoms with Crippen LogP contribution in [0.25, 0.3) is 0 Å². The first kappa shape index (κ1) is 13.7. The monoisotopic (exact) mass is 268 g/mol. The van der Waals surface area contributed by atoms with E-state index in [9.17, 15) is 5.11 Å². The summed E-state index contributed by atoms with van der Waals surface area (Å²) in [6.07, 6.45) is 0. The lowest BCUT2D eigenvalue weighted by molar-refractivity contribution is 0.199. The van der Waals surface area contributed by atoms with Crippen molar-refractivity contribution >= 4 is 17.3 Å². The van der Waals surface area contributed by atoms with Crippen molar-refractivity contribution < 1.29 is 5.11 Å². The van der Waals surface area contributed by atoms with Crippen LogP contribution in [0.2, 0.25) is 5.02 Å². The number of benzene rings is 1. The minimum atomic E-state index is 0.0399. The Bertz CT molecular complexity index is 411. The standard InChI is InChI=1S/C14H21ClN2O/c1-3-16-6-7-17(9-11(16)2)14-5-4-13(15)8-12(14)10-18/h4-5,8,11,18H,3,6-7,9-10H2,1-2H3. The number of aliphatic hydroxyl groups is 1. The van der Waals surface area contributed by atoms with Crippen molar-refractivity contribution in [3.63, 3.8) is 0 Å². The highest BCUT2D eigenvalue weighted by atomic mass is 35.5. The Morgan fingerprint density at radius 1 is 1.39 bits per heavy atom. The van der Waals surface area contributed by atoms with Gasteiger partial charge >= 0.3 is 0 Å². The third-order valence-electron chi connectivity index (χ3n) is 3.72. The summed E-state index contributed by atoms with van der Waals surface area (Å²) >= 11 is 5.97. The van der Waals surface area contributed by atoms with Gasteiger partial charge in [-0.15, -0.1) is 0 Å². The highest BCUT2D eigenvalue weighted by molar-refractivity contribution is 6.30. The summed E-state index contributed by atoms with van der Waals surface area (Å²) in [5.41, 5.74) is 2.03. The molecule has 1 N–H and O–H groups in total. The molecule has 1 fully saturated rings. The second kappa shape index (κ2) is 5.91. The summed E-state index contributed by atoms with van der Waals surface area (Å²) < 4.78 is 0. The van der Waals surface area contributed by atoms with E-state index in [0.717, 1.165) is 37.4 Å². The van der Waals surface area contributed by atoms with E-state index in [2.05, 4.69) is 23.6 Å². The zero-order valence-electron chi connectivity index (χ0n) is 11.1. The van der Waals surface area contributed by atoms with Gasteiger partial charge in [0.15, 0.2) is 0 Å². The quantitative estimate of drug-likeness (QED) is 0.912. The first-order valence-corrected chi connectivity index (χ1v) is 6.91. The second-order valence-electron chi connectivity index (χ2n) is 4.85. The van der Waals surface area contributed by atoms with Crippen molar-refractivity contribution in [3.8, 4) is 0 Å². The first-order chi connectivity index (χ1) is 8.65. The van der Waals surface area contributed by atoms with Gasteiger partial charge in [0.2, 0.25) is 0 Å². The average molecular weight is 269 g/mol. The number of hydrogen-bond acceptors (Lipinski definition) is 3. The normalized spacial score (nSPS) is 21.3. The molecular formula is C14H21ClN2O. The Balaban J connectivity index is 2.17. The van der Waals surface area contributed by atoms with E-state index in [4.69, 9.17) is 11.6 Å². The van der Waals surface area contributed by atoms with Crippen LogP contribution in [-0.2, 0) is 6.61 Å². The molecule has 0 aliphatic carbocycles. The molecule has 4 heteroatoms. The third kappa shape index (κ3) is 2.79. The fraction of sp³-hybridized carbons (Fsp3) is 0.571. The van der Waals surface area contributed by atoms with Gasteiger partial charge < -0.3 is 10.0 Å². The van der Waals surface area contributed by atoms with Crippen LogP contribution in [0.3, 0.4) is 0 Å². The molecule has 1 aromatic rings.